The number of aryl methyl sites for hydroxylation is 1. The molecule has 1 aromatic rings. The number of nitrogens with zero attached hydrogens (tertiary/aromatic N) is 1. The first kappa shape index (κ1) is 16.0. The first-order chi connectivity index (χ1) is 9.83. The predicted molar refractivity (Wildman–Crippen MR) is 82.2 cm³/mol. The molecule has 2 rings (SSSR count). The van der Waals surface area contributed by atoms with Gasteiger partial charge in [-0.3, -0.25) is 0 Å². The fourth-order valence-electron chi connectivity index (χ4n) is 3.06. The second kappa shape index (κ2) is 6.17. The van der Waals surface area contributed by atoms with Gasteiger partial charge in [0.25, 0.3) is 0 Å². The van der Waals surface area contributed by atoms with Crippen molar-refractivity contribution >= 4 is 10.0 Å². The third-order valence-corrected chi connectivity index (χ3v) is 5.98. The summed E-state index contributed by atoms with van der Waals surface area (Å²) in [6.07, 6.45) is 2.97. The minimum Gasteiger partial charge on any atom is -0.208 e. The molecule has 0 bridgehead atoms. The van der Waals surface area contributed by atoms with Crippen molar-refractivity contribution in [1.29, 1.82) is 5.26 Å². The largest absolute Gasteiger partial charge is 0.241 e. The summed E-state index contributed by atoms with van der Waals surface area (Å²) in [6, 6.07) is 6.75. The van der Waals surface area contributed by atoms with Crippen LogP contribution in [0.2, 0.25) is 0 Å². The van der Waals surface area contributed by atoms with Gasteiger partial charge in [-0.25, -0.2) is 13.1 Å². The van der Waals surface area contributed by atoms with E-state index in [1.165, 1.54) is 6.07 Å². The molecule has 114 valence electrons. The van der Waals surface area contributed by atoms with E-state index in [1.807, 2.05) is 6.07 Å². The molecule has 0 radical (unpaired) electrons. The average Bonchev–Trinajstić information content (AvgIpc) is 2.42. The Kier molecular flexibility index (Phi) is 4.70. The fourth-order valence-corrected chi connectivity index (χ4v) is 4.71. The van der Waals surface area contributed by atoms with Crippen LogP contribution in [-0.2, 0) is 10.0 Å². The van der Waals surface area contributed by atoms with Crippen LogP contribution in [0.1, 0.15) is 44.2 Å². The van der Waals surface area contributed by atoms with E-state index >= 15 is 0 Å². The van der Waals surface area contributed by atoms with Gasteiger partial charge in [0.15, 0.2) is 0 Å². The van der Waals surface area contributed by atoms with Gasteiger partial charge in [0.2, 0.25) is 10.0 Å². The first-order valence-electron chi connectivity index (χ1n) is 7.36. The Hall–Kier alpha value is -1.38. The molecule has 1 N–H and O–H groups in total. The van der Waals surface area contributed by atoms with E-state index in [-0.39, 0.29) is 10.9 Å². The zero-order chi connectivity index (χ0) is 15.6. The zero-order valence-electron chi connectivity index (χ0n) is 12.8. The molecule has 0 amide bonds. The molecule has 21 heavy (non-hydrogen) atoms. The van der Waals surface area contributed by atoms with Crippen molar-refractivity contribution in [3.8, 4) is 6.07 Å². The molecule has 1 fully saturated rings. The molecule has 0 spiro atoms. The summed E-state index contributed by atoms with van der Waals surface area (Å²) in [5, 5.41) is 8.95. The Labute approximate surface area is 127 Å². The lowest BCUT2D eigenvalue weighted by Gasteiger charge is -2.33. The van der Waals surface area contributed by atoms with Crippen molar-refractivity contribution in [3.63, 3.8) is 0 Å². The SMILES string of the molecule is Cc1ccc(C#N)cc1S(=O)(=O)NC1CCC(C)CC1C. The van der Waals surface area contributed by atoms with E-state index in [0.29, 0.717) is 23.0 Å². The molecule has 1 aliphatic carbocycles. The Morgan fingerprint density at radius 1 is 1.29 bits per heavy atom. The number of rotatable bonds is 3. The minimum absolute atomic E-state index is 0.0173. The summed E-state index contributed by atoms with van der Waals surface area (Å²) >= 11 is 0. The van der Waals surface area contributed by atoms with Gasteiger partial charge >= 0.3 is 0 Å². The molecular weight excluding hydrogens is 284 g/mol. The minimum atomic E-state index is -3.57. The number of nitriles is 1. The maximum absolute atomic E-state index is 12.6. The third-order valence-electron chi connectivity index (χ3n) is 4.34. The van der Waals surface area contributed by atoms with Crippen molar-refractivity contribution in [2.45, 2.75) is 51.0 Å². The van der Waals surface area contributed by atoms with Gasteiger partial charge < -0.3 is 0 Å². The number of benzene rings is 1. The van der Waals surface area contributed by atoms with Crippen molar-refractivity contribution < 1.29 is 8.42 Å². The predicted octanol–water partition coefficient (Wildman–Crippen LogP) is 2.97. The van der Waals surface area contributed by atoms with Gasteiger partial charge in [-0.1, -0.05) is 19.9 Å². The van der Waals surface area contributed by atoms with E-state index in [9.17, 15) is 8.42 Å². The zero-order valence-corrected chi connectivity index (χ0v) is 13.6. The van der Waals surface area contributed by atoms with Crippen molar-refractivity contribution in [3.05, 3.63) is 29.3 Å². The third kappa shape index (κ3) is 3.63. The molecule has 1 aliphatic rings. The highest BCUT2D eigenvalue weighted by Crippen LogP contribution is 2.30. The molecule has 3 unspecified atom stereocenters. The first-order valence-corrected chi connectivity index (χ1v) is 8.85. The maximum Gasteiger partial charge on any atom is 0.241 e. The standard InChI is InChI=1S/C16H22N2O2S/c1-11-4-7-15(13(3)8-11)18-21(19,20)16-9-14(10-17)6-5-12(16)2/h5-6,9,11,13,15,18H,4,7-8H2,1-3H3. The van der Waals surface area contributed by atoms with Crippen LogP contribution >= 0.6 is 0 Å². The smallest absolute Gasteiger partial charge is 0.208 e. The van der Waals surface area contributed by atoms with E-state index in [0.717, 1.165) is 19.3 Å². The summed E-state index contributed by atoms with van der Waals surface area (Å²) in [7, 11) is -3.57. The molecule has 5 heteroatoms. The van der Waals surface area contributed by atoms with Crippen LogP contribution in [0, 0.1) is 30.1 Å². The van der Waals surface area contributed by atoms with Crippen LogP contribution in [0.5, 0.6) is 0 Å². The monoisotopic (exact) mass is 306 g/mol. The van der Waals surface area contributed by atoms with Gasteiger partial charge in [0.1, 0.15) is 0 Å². The van der Waals surface area contributed by atoms with Crippen LogP contribution in [0.4, 0.5) is 0 Å². The van der Waals surface area contributed by atoms with Crippen LogP contribution < -0.4 is 4.72 Å². The number of hydrogen-bond acceptors (Lipinski definition) is 3. The van der Waals surface area contributed by atoms with Crippen LogP contribution in [-0.4, -0.2) is 14.5 Å². The topological polar surface area (TPSA) is 70.0 Å². The summed E-state index contributed by atoms with van der Waals surface area (Å²) in [5.41, 5.74) is 1.03. The van der Waals surface area contributed by atoms with Gasteiger partial charge in [-0.15, -0.1) is 0 Å². The maximum atomic E-state index is 12.6. The highest BCUT2D eigenvalue weighted by Gasteiger charge is 2.30. The average molecular weight is 306 g/mol. The van der Waals surface area contributed by atoms with Gasteiger partial charge in [-0.2, -0.15) is 5.26 Å². The lowest BCUT2D eigenvalue weighted by atomic mass is 9.80. The second-order valence-electron chi connectivity index (χ2n) is 6.22. The summed E-state index contributed by atoms with van der Waals surface area (Å²) < 4.78 is 28.0. The highest BCUT2D eigenvalue weighted by molar-refractivity contribution is 7.89. The van der Waals surface area contributed by atoms with Gasteiger partial charge in [0, 0.05) is 6.04 Å². The molecule has 1 saturated carbocycles. The van der Waals surface area contributed by atoms with Crippen molar-refractivity contribution in [1.82, 2.24) is 4.72 Å². The van der Waals surface area contributed by atoms with Crippen molar-refractivity contribution in [2.24, 2.45) is 11.8 Å². The Morgan fingerprint density at radius 2 is 2.00 bits per heavy atom. The van der Waals surface area contributed by atoms with E-state index in [4.69, 9.17) is 5.26 Å². The number of nitrogens with one attached hydrogen (secondary N) is 1. The molecule has 0 heterocycles. The normalized spacial score (nSPS) is 26.3. The Balaban J connectivity index is 2.25. The van der Waals surface area contributed by atoms with Crippen LogP contribution in [0.3, 0.4) is 0 Å². The molecule has 3 atom stereocenters. The molecule has 0 aliphatic heterocycles. The van der Waals surface area contributed by atoms with Crippen molar-refractivity contribution in [2.75, 3.05) is 0 Å². The van der Waals surface area contributed by atoms with Crippen LogP contribution in [0.15, 0.2) is 23.1 Å². The summed E-state index contributed by atoms with van der Waals surface area (Å²) in [6.45, 7) is 6.06. The van der Waals surface area contributed by atoms with Gasteiger partial charge in [0.05, 0.1) is 16.5 Å². The Bertz CT molecular complexity index is 661. The summed E-state index contributed by atoms with van der Waals surface area (Å²) in [4.78, 5) is 0.215. The second-order valence-corrected chi connectivity index (χ2v) is 7.90. The highest BCUT2D eigenvalue weighted by atomic mass is 32.2. The van der Waals surface area contributed by atoms with Crippen LogP contribution in [0.25, 0.3) is 0 Å². The molecular formula is C16H22N2O2S. The lowest BCUT2D eigenvalue weighted by Crippen LogP contribution is -2.42. The fraction of sp³-hybridized carbons (Fsp3) is 0.562. The van der Waals surface area contributed by atoms with E-state index < -0.39 is 10.0 Å². The molecule has 0 aromatic heterocycles. The molecule has 0 saturated heterocycles. The molecule has 4 nitrogen and oxygen atoms in total. The van der Waals surface area contributed by atoms with Gasteiger partial charge in [-0.05, 0) is 55.7 Å². The quantitative estimate of drug-likeness (QED) is 0.933. The Morgan fingerprint density at radius 3 is 2.62 bits per heavy atom. The van der Waals surface area contributed by atoms with E-state index in [2.05, 4.69) is 18.6 Å². The number of sulfonamides is 1. The lowest BCUT2D eigenvalue weighted by molar-refractivity contribution is 0.249. The molecule has 1 aromatic carbocycles. The number of hydrogen-bond donors (Lipinski definition) is 1. The van der Waals surface area contributed by atoms with E-state index in [1.54, 1.807) is 19.1 Å². The summed E-state index contributed by atoms with van der Waals surface area (Å²) in [5.74, 6) is 0.993.